The summed E-state index contributed by atoms with van der Waals surface area (Å²) in [6.45, 7) is 4.17. The van der Waals surface area contributed by atoms with Gasteiger partial charge < -0.3 is 10.6 Å². The molecule has 0 bridgehead atoms. The average Bonchev–Trinajstić information content (AvgIpc) is 2.74. The molecular formula is C24H30N2O2. The fourth-order valence-corrected chi connectivity index (χ4v) is 4.04. The number of carbonyl (C=O) groups excluding carboxylic acids is 2. The van der Waals surface area contributed by atoms with E-state index in [1.54, 1.807) is 0 Å². The van der Waals surface area contributed by atoms with Crippen LogP contribution < -0.4 is 10.6 Å². The van der Waals surface area contributed by atoms with Gasteiger partial charge in [0, 0.05) is 23.2 Å². The number of benzene rings is 2. The van der Waals surface area contributed by atoms with E-state index in [-0.39, 0.29) is 23.7 Å². The van der Waals surface area contributed by atoms with Crippen LogP contribution in [0.1, 0.15) is 50.7 Å². The quantitative estimate of drug-likeness (QED) is 0.726. The lowest BCUT2D eigenvalue weighted by Gasteiger charge is -2.28. The van der Waals surface area contributed by atoms with Crippen LogP contribution in [0.5, 0.6) is 0 Å². The first kappa shape index (κ1) is 20.1. The highest BCUT2D eigenvalue weighted by Gasteiger charge is 2.31. The monoisotopic (exact) mass is 378 g/mol. The summed E-state index contributed by atoms with van der Waals surface area (Å²) < 4.78 is 0. The molecule has 2 aromatic carbocycles. The number of hydrogen-bond donors (Lipinski definition) is 2. The van der Waals surface area contributed by atoms with Gasteiger partial charge in [-0.3, -0.25) is 9.59 Å². The molecule has 0 aromatic heterocycles. The van der Waals surface area contributed by atoms with Crippen LogP contribution in [-0.2, 0) is 22.4 Å². The van der Waals surface area contributed by atoms with E-state index in [0.29, 0.717) is 6.42 Å². The van der Waals surface area contributed by atoms with E-state index >= 15 is 0 Å². The van der Waals surface area contributed by atoms with E-state index in [0.717, 1.165) is 54.6 Å². The first-order valence-corrected chi connectivity index (χ1v) is 10.4. The summed E-state index contributed by atoms with van der Waals surface area (Å²) in [7, 11) is 0. The lowest BCUT2D eigenvalue weighted by Crippen LogP contribution is -2.33. The van der Waals surface area contributed by atoms with Crippen molar-refractivity contribution in [1.29, 1.82) is 0 Å². The number of aryl methyl sites for hydroxylation is 2. The lowest BCUT2D eigenvalue weighted by molar-refractivity contribution is -0.124. The minimum Gasteiger partial charge on any atom is -0.326 e. The Bertz CT molecular complexity index is 763. The second-order valence-electron chi connectivity index (χ2n) is 7.56. The van der Waals surface area contributed by atoms with Crippen molar-refractivity contribution < 1.29 is 9.59 Å². The van der Waals surface area contributed by atoms with E-state index in [1.807, 2.05) is 48.5 Å². The summed E-state index contributed by atoms with van der Waals surface area (Å²) in [6, 6.07) is 15.8. The third-order valence-corrected chi connectivity index (χ3v) is 5.73. The van der Waals surface area contributed by atoms with Crippen molar-refractivity contribution in [2.45, 2.75) is 52.4 Å². The smallest absolute Gasteiger partial charge is 0.227 e. The number of rotatable bonds is 6. The van der Waals surface area contributed by atoms with Crippen molar-refractivity contribution in [3.63, 3.8) is 0 Å². The maximum atomic E-state index is 12.8. The molecule has 1 aliphatic carbocycles. The summed E-state index contributed by atoms with van der Waals surface area (Å²) in [5.41, 5.74) is 4.05. The average molecular weight is 379 g/mol. The topological polar surface area (TPSA) is 58.2 Å². The van der Waals surface area contributed by atoms with E-state index in [9.17, 15) is 9.59 Å². The second-order valence-corrected chi connectivity index (χ2v) is 7.56. The normalized spacial score (nSPS) is 19.1. The Hall–Kier alpha value is -2.62. The molecule has 28 heavy (non-hydrogen) atoms. The molecule has 4 heteroatoms. The summed E-state index contributed by atoms with van der Waals surface area (Å²) in [5, 5.41) is 6.18. The van der Waals surface area contributed by atoms with Crippen molar-refractivity contribution in [2.24, 2.45) is 11.8 Å². The van der Waals surface area contributed by atoms with Crippen molar-refractivity contribution >= 4 is 23.2 Å². The van der Waals surface area contributed by atoms with Crippen LogP contribution in [0.2, 0.25) is 0 Å². The Morgan fingerprint density at radius 1 is 0.786 bits per heavy atom. The predicted molar refractivity (Wildman–Crippen MR) is 114 cm³/mol. The summed E-state index contributed by atoms with van der Waals surface area (Å²) in [5.74, 6) is -0.161. The molecular weight excluding hydrogens is 348 g/mol. The van der Waals surface area contributed by atoms with Crippen LogP contribution in [0.3, 0.4) is 0 Å². The maximum Gasteiger partial charge on any atom is 0.227 e. The van der Waals surface area contributed by atoms with Crippen LogP contribution >= 0.6 is 0 Å². The number of anilines is 2. The molecule has 1 saturated carbocycles. The Morgan fingerprint density at radius 3 is 1.64 bits per heavy atom. The number of amides is 2. The molecule has 1 aliphatic rings. The SMILES string of the molecule is CCc1ccccc1NC(=O)C1CCCC(C(=O)Nc2ccccc2CC)C1. The van der Waals surface area contributed by atoms with Crippen molar-refractivity contribution in [1.82, 2.24) is 0 Å². The minimum atomic E-state index is -0.115. The first-order chi connectivity index (χ1) is 13.6. The van der Waals surface area contributed by atoms with E-state index in [2.05, 4.69) is 24.5 Å². The Labute approximate surface area is 167 Å². The molecule has 0 aliphatic heterocycles. The molecule has 148 valence electrons. The summed E-state index contributed by atoms with van der Waals surface area (Å²) >= 11 is 0. The van der Waals surface area contributed by atoms with Gasteiger partial charge in [-0.2, -0.15) is 0 Å². The van der Waals surface area contributed by atoms with Crippen LogP contribution in [0.15, 0.2) is 48.5 Å². The molecule has 4 nitrogen and oxygen atoms in total. The molecule has 0 heterocycles. The van der Waals surface area contributed by atoms with Gasteiger partial charge >= 0.3 is 0 Å². The summed E-state index contributed by atoms with van der Waals surface area (Å²) in [4.78, 5) is 25.6. The van der Waals surface area contributed by atoms with Crippen LogP contribution in [0.25, 0.3) is 0 Å². The molecule has 2 atom stereocenters. The fraction of sp³-hybridized carbons (Fsp3) is 0.417. The lowest BCUT2D eigenvalue weighted by atomic mass is 9.80. The van der Waals surface area contributed by atoms with Gasteiger partial charge in [-0.25, -0.2) is 0 Å². The molecule has 2 N–H and O–H groups in total. The van der Waals surface area contributed by atoms with Gasteiger partial charge in [0.2, 0.25) is 11.8 Å². The van der Waals surface area contributed by atoms with Crippen molar-refractivity contribution in [2.75, 3.05) is 10.6 Å². The van der Waals surface area contributed by atoms with Gasteiger partial charge in [0.1, 0.15) is 0 Å². The molecule has 2 amide bonds. The predicted octanol–water partition coefficient (Wildman–Crippen LogP) is 5.20. The zero-order valence-corrected chi connectivity index (χ0v) is 16.8. The fourth-order valence-electron chi connectivity index (χ4n) is 4.04. The molecule has 0 spiro atoms. The van der Waals surface area contributed by atoms with Crippen molar-refractivity contribution in [3.05, 3.63) is 59.7 Å². The highest BCUT2D eigenvalue weighted by Crippen LogP contribution is 2.31. The molecule has 2 aromatic rings. The molecule has 2 unspecified atom stereocenters. The van der Waals surface area contributed by atoms with Crippen LogP contribution in [0, 0.1) is 11.8 Å². The third kappa shape index (κ3) is 4.80. The maximum absolute atomic E-state index is 12.8. The zero-order valence-electron chi connectivity index (χ0n) is 16.8. The highest BCUT2D eigenvalue weighted by atomic mass is 16.2. The van der Waals surface area contributed by atoms with Gasteiger partial charge in [-0.15, -0.1) is 0 Å². The molecule has 1 fully saturated rings. The second kappa shape index (κ2) is 9.54. The van der Waals surface area contributed by atoms with E-state index < -0.39 is 0 Å². The van der Waals surface area contributed by atoms with E-state index in [4.69, 9.17) is 0 Å². The van der Waals surface area contributed by atoms with Gasteiger partial charge in [0.15, 0.2) is 0 Å². The Morgan fingerprint density at radius 2 is 1.21 bits per heavy atom. The Kier molecular flexibility index (Phi) is 6.85. The highest BCUT2D eigenvalue weighted by molar-refractivity contribution is 5.96. The molecule has 0 radical (unpaired) electrons. The van der Waals surface area contributed by atoms with Crippen LogP contribution in [-0.4, -0.2) is 11.8 Å². The number of para-hydroxylation sites is 2. The van der Waals surface area contributed by atoms with Gasteiger partial charge in [0.25, 0.3) is 0 Å². The number of nitrogens with one attached hydrogen (secondary N) is 2. The zero-order chi connectivity index (χ0) is 19.9. The van der Waals surface area contributed by atoms with Crippen molar-refractivity contribution in [3.8, 4) is 0 Å². The summed E-state index contributed by atoms with van der Waals surface area (Å²) in [6.07, 6.45) is 4.96. The minimum absolute atomic E-state index is 0.0346. The third-order valence-electron chi connectivity index (χ3n) is 5.73. The standard InChI is InChI=1S/C24H30N2O2/c1-3-17-10-5-7-14-21(17)25-23(27)19-12-9-13-20(16-19)24(28)26-22-15-8-6-11-18(22)4-2/h5-8,10-11,14-15,19-20H,3-4,9,12-13,16H2,1-2H3,(H,25,27)(H,26,28). The first-order valence-electron chi connectivity index (χ1n) is 10.4. The van der Waals surface area contributed by atoms with Gasteiger partial charge in [-0.1, -0.05) is 56.7 Å². The largest absolute Gasteiger partial charge is 0.326 e. The number of hydrogen-bond acceptors (Lipinski definition) is 2. The van der Waals surface area contributed by atoms with Crippen LogP contribution in [0.4, 0.5) is 11.4 Å². The molecule has 3 rings (SSSR count). The number of carbonyl (C=O) groups is 2. The van der Waals surface area contributed by atoms with Gasteiger partial charge in [0.05, 0.1) is 0 Å². The Balaban J connectivity index is 1.63. The van der Waals surface area contributed by atoms with Gasteiger partial charge in [-0.05, 0) is 55.4 Å². The molecule has 0 saturated heterocycles. The van der Waals surface area contributed by atoms with E-state index in [1.165, 1.54) is 0 Å².